The van der Waals surface area contributed by atoms with Crippen LogP contribution in [-0.2, 0) is 0 Å². The topological polar surface area (TPSA) is 116 Å². The van der Waals surface area contributed by atoms with Crippen LogP contribution in [0.25, 0.3) is 0 Å². The van der Waals surface area contributed by atoms with Crippen molar-refractivity contribution < 1.29 is 19.6 Å². The fourth-order valence-corrected chi connectivity index (χ4v) is 1.23. The predicted molar refractivity (Wildman–Crippen MR) is 55.6 cm³/mol. The average Bonchev–Trinajstić information content (AvgIpc) is 2.19. The zero-order valence-electron chi connectivity index (χ0n) is 8.47. The number of anilines is 1. The summed E-state index contributed by atoms with van der Waals surface area (Å²) in [5.41, 5.74) is 4.63. The van der Waals surface area contributed by atoms with Crippen molar-refractivity contribution in [3.8, 4) is 5.75 Å². The number of hydrogen-bond donors (Lipinski definition) is 2. The lowest BCUT2D eigenvalue weighted by Gasteiger charge is -2.08. The maximum atomic E-state index is 10.9. The number of nitrogens with two attached hydrogens (primary N) is 1. The molecule has 1 rings (SSSR count). The summed E-state index contributed by atoms with van der Waals surface area (Å²) in [6, 6.07) is 2.19. The highest BCUT2D eigenvalue weighted by molar-refractivity contribution is 5.94. The molecule has 86 valence electrons. The van der Waals surface area contributed by atoms with Gasteiger partial charge in [0.2, 0.25) is 5.75 Å². The van der Waals surface area contributed by atoms with E-state index in [-0.39, 0.29) is 23.6 Å². The van der Waals surface area contributed by atoms with Crippen molar-refractivity contribution in [2.45, 2.75) is 6.92 Å². The highest BCUT2D eigenvalue weighted by atomic mass is 16.6. The van der Waals surface area contributed by atoms with E-state index >= 15 is 0 Å². The fourth-order valence-electron chi connectivity index (χ4n) is 1.23. The first-order valence-corrected chi connectivity index (χ1v) is 4.41. The molecule has 1 aromatic carbocycles. The van der Waals surface area contributed by atoms with Gasteiger partial charge in [-0.05, 0) is 13.0 Å². The number of nitrogen functional groups attached to an aromatic ring is 1. The van der Waals surface area contributed by atoms with Crippen molar-refractivity contribution in [2.24, 2.45) is 0 Å². The maximum absolute atomic E-state index is 10.9. The lowest BCUT2D eigenvalue weighted by Crippen LogP contribution is -2.07. The minimum Gasteiger partial charge on any atom is -0.487 e. The third-order valence-electron chi connectivity index (χ3n) is 1.81. The van der Waals surface area contributed by atoms with Gasteiger partial charge in [0.15, 0.2) is 0 Å². The lowest BCUT2D eigenvalue weighted by atomic mass is 10.1. The molecule has 7 heteroatoms. The standard InChI is InChI=1S/C9H10N2O5/c1-2-16-8-6(9(12)13)3-5(10)4-7(8)11(14)15/h3-4H,2,10H2,1H3,(H,12,13). The minimum absolute atomic E-state index is 0.00699. The first kappa shape index (κ1) is 11.8. The summed E-state index contributed by atoms with van der Waals surface area (Å²) in [4.78, 5) is 20.8. The normalized spacial score (nSPS) is 9.81. The van der Waals surface area contributed by atoms with Gasteiger partial charge in [0.25, 0.3) is 0 Å². The number of rotatable bonds is 4. The van der Waals surface area contributed by atoms with Crippen LogP contribution in [0.1, 0.15) is 17.3 Å². The molecule has 0 saturated heterocycles. The van der Waals surface area contributed by atoms with Crippen molar-refractivity contribution in [3.05, 3.63) is 27.8 Å². The molecule has 0 bridgehead atoms. The summed E-state index contributed by atoms with van der Waals surface area (Å²) >= 11 is 0. The van der Waals surface area contributed by atoms with Gasteiger partial charge in [0.05, 0.1) is 11.5 Å². The average molecular weight is 226 g/mol. The molecular formula is C9H10N2O5. The molecule has 0 aliphatic rings. The van der Waals surface area contributed by atoms with Gasteiger partial charge in [-0.2, -0.15) is 0 Å². The Hall–Kier alpha value is -2.31. The molecular weight excluding hydrogens is 216 g/mol. The van der Waals surface area contributed by atoms with Crippen molar-refractivity contribution in [2.75, 3.05) is 12.3 Å². The first-order valence-electron chi connectivity index (χ1n) is 4.41. The molecule has 0 aliphatic heterocycles. The predicted octanol–water partition coefficient (Wildman–Crippen LogP) is 1.27. The Balaban J connectivity index is 3.47. The van der Waals surface area contributed by atoms with Crippen LogP contribution in [0.5, 0.6) is 5.75 Å². The van der Waals surface area contributed by atoms with Gasteiger partial charge in [-0.25, -0.2) is 4.79 Å². The van der Waals surface area contributed by atoms with Crippen LogP contribution in [0.2, 0.25) is 0 Å². The van der Waals surface area contributed by atoms with Gasteiger partial charge >= 0.3 is 11.7 Å². The molecule has 0 saturated carbocycles. The lowest BCUT2D eigenvalue weighted by molar-refractivity contribution is -0.385. The molecule has 0 radical (unpaired) electrons. The Bertz CT molecular complexity index is 409. The number of carboxylic acid groups (broad SMARTS) is 1. The van der Waals surface area contributed by atoms with Crippen LogP contribution in [0.3, 0.4) is 0 Å². The zero-order chi connectivity index (χ0) is 12.3. The van der Waals surface area contributed by atoms with Crippen molar-refractivity contribution in [1.29, 1.82) is 0 Å². The van der Waals surface area contributed by atoms with Gasteiger partial charge in [0.1, 0.15) is 5.56 Å². The van der Waals surface area contributed by atoms with Crippen LogP contribution in [0, 0.1) is 10.1 Å². The molecule has 0 heterocycles. The third-order valence-corrected chi connectivity index (χ3v) is 1.81. The summed E-state index contributed by atoms with van der Waals surface area (Å²) in [7, 11) is 0. The Kier molecular flexibility index (Phi) is 3.29. The molecule has 7 nitrogen and oxygen atoms in total. The molecule has 0 fully saturated rings. The summed E-state index contributed by atoms with van der Waals surface area (Å²) in [5, 5.41) is 19.6. The Labute approximate surface area is 90.6 Å². The van der Waals surface area contributed by atoms with Gasteiger partial charge in [-0.3, -0.25) is 10.1 Å². The van der Waals surface area contributed by atoms with Gasteiger partial charge in [-0.15, -0.1) is 0 Å². The Morgan fingerprint density at radius 1 is 1.62 bits per heavy atom. The molecule has 0 unspecified atom stereocenters. The molecule has 0 spiro atoms. The van der Waals surface area contributed by atoms with E-state index < -0.39 is 16.6 Å². The van der Waals surface area contributed by atoms with E-state index in [1.807, 2.05) is 0 Å². The van der Waals surface area contributed by atoms with E-state index in [0.717, 1.165) is 12.1 Å². The second kappa shape index (κ2) is 4.47. The van der Waals surface area contributed by atoms with Crippen molar-refractivity contribution in [3.63, 3.8) is 0 Å². The molecule has 0 aliphatic carbocycles. The van der Waals surface area contributed by atoms with E-state index in [1.165, 1.54) is 0 Å². The highest BCUT2D eigenvalue weighted by Crippen LogP contribution is 2.33. The van der Waals surface area contributed by atoms with Crippen molar-refractivity contribution in [1.82, 2.24) is 0 Å². The molecule has 0 atom stereocenters. The number of nitrogens with zero attached hydrogens (tertiary/aromatic N) is 1. The number of carboxylic acids is 1. The van der Waals surface area contributed by atoms with Crippen LogP contribution in [0.15, 0.2) is 12.1 Å². The van der Waals surface area contributed by atoms with Crippen LogP contribution < -0.4 is 10.5 Å². The summed E-state index contributed by atoms with van der Waals surface area (Å²) < 4.78 is 4.97. The number of nitro benzene ring substituents is 1. The molecule has 1 aromatic rings. The SMILES string of the molecule is CCOc1c(C(=O)O)cc(N)cc1[N+](=O)[O-]. The van der Waals surface area contributed by atoms with E-state index in [0.29, 0.717) is 0 Å². The second-order valence-corrected chi connectivity index (χ2v) is 2.91. The molecule has 3 N–H and O–H groups in total. The molecule has 0 aromatic heterocycles. The monoisotopic (exact) mass is 226 g/mol. The number of carbonyl (C=O) groups is 1. The Morgan fingerprint density at radius 2 is 2.25 bits per heavy atom. The summed E-state index contributed by atoms with van der Waals surface area (Å²) in [6.45, 7) is 1.73. The largest absolute Gasteiger partial charge is 0.487 e. The van der Waals surface area contributed by atoms with E-state index in [2.05, 4.69) is 0 Å². The smallest absolute Gasteiger partial charge is 0.339 e. The fraction of sp³-hybridized carbons (Fsp3) is 0.222. The van der Waals surface area contributed by atoms with Crippen molar-refractivity contribution >= 4 is 17.3 Å². The second-order valence-electron chi connectivity index (χ2n) is 2.91. The van der Waals surface area contributed by atoms with Gasteiger partial charge in [0, 0.05) is 11.8 Å². The van der Waals surface area contributed by atoms with E-state index in [1.54, 1.807) is 6.92 Å². The number of aromatic carboxylic acids is 1. The number of hydrogen-bond acceptors (Lipinski definition) is 5. The number of ether oxygens (including phenoxy) is 1. The Morgan fingerprint density at radius 3 is 2.69 bits per heavy atom. The molecule has 0 amide bonds. The van der Waals surface area contributed by atoms with Gasteiger partial charge in [-0.1, -0.05) is 0 Å². The van der Waals surface area contributed by atoms with Crippen LogP contribution in [-0.4, -0.2) is 22.6 Å². The maximum Gasteiger partial charge on any atom is 0.339 e. The quantitative estimate of drug-likeness (QED) is 0.453. The van der Waals surface area contributed by atoms with E-state index in [9.17, 15) is 14.9 Å². The van der Waals surface area contributed by atoms with E-state index in [4.69, 9.17) is 15.6 Å². The third kappa shape index (κ3) is 2.19. The van der Waals surface area contributed by atoms with Gasteiger partial charge < -0.3 is 15.6 Å². The zero-order valence-corrected chi connectivity index (χ0v) is 8.47. The number of nitro groups is 1. The molecule has 16 heavy (non-hydrogen) atoms. The van der Waals surface area contributed by atoms with Crippen LogP contribution >= 0.6 is 0 Å². The number of benzene rings is 1. The minimum atomic E-state index is -1.32. The highest BCUT2D eigenvalue weighted by Gasteiger charge is 2.24. The summed E-state index contributed by atoms with van der Waals surface area (Å²) in [5.74, 6) is -1.59. The van der Waals surface area contributed by atoms with Crippen LogP contribution in [0.4, 0.5) is 11.4 Å². The first-order chi connectivity index (χ1) is 7.47. The summed E-state index contributed by atoms with van der Waals surface area (Å²) in [6.07, 6.45) is 0.